The molecule has 3 rings (SSSR count). The molecule has 4 atom stereocenters. The van der Waals surface area contributed by atoms with Crippen molar-refractivity contribution in [3.63, 3.8) is 0 Å². The first-order chi connectivity index (χ1) is 12.4. The lowest BCUT2D eigenvalue weighted by molar-refractivity contribution is 0.202. The number of rotatable bonds is 6. The summed E-state index contributed by atoms with van der Waals surface area (Å²) in [7, 11) is -1.46. The van der Waals surface area contributed by atoms with E-state index in [1.807, 2.05) is 24.3 Å². The van der Waals surface area contributed by atoms with Gasteiger partial charge in [0.05, 0.1) is 11.4 Å². The predicted octanol–water partition coefficient (Wildman–Crippen LogP) is 3.43. The summed E-state index contributed by atoms with van der Waals surface area (Å²) in [6, 6.07) is 3.53. The predicted molar refractivity (Wildman–Crippen MR) is 98.1 cm³/mol. The fourth-order valence-electron chi connectivity index (χ4n) is 3.80. The van der Waals surface area contributed by atoms with E-state index in [9.17, 15) is 9.13 Å². The second kappa shape index (κ2) is 7.64. The molecule has 1 aliphatic heterocycles. The van der Waals surface area contributed by atoms with Gasteiger partial charge in [0.2, 0.25) is 0 Å². The lowest BCUT2D eigenvalue weighted by atomic mass is 9.81. The van der Waals surface area contributed by atoms with Crippen molar-refractivity contribution in [2.75, 3.05) is 28.4 Å². The zero-order chi connectivity index (χ0) is 18.9. The molecule has 1 saturated heterocycles. The molecule has 1 fully saturated rings. The van der Waals surface area contributed by atoms with Crippen molar-refractivity contribution in [1.82, 2.24) is 10.3 Å². The van der Waals surface area contributed by atoms with Crippen molar-refractivity contribution < 1.29 is 27.2 Å². The first-order valence-electron chi connectivity index (χ1n) is 8.24. The molecule has 0 radical (unpaired) electrons. The van der Waals surface area contributed by atoms with Crippen LogP contribution in [-0.4, -0.2) is 44.9 Å². The van der Waals surface area contributed by atoms with Crippen LogP contribution in [0.25, 0.3) is 6.08 Å². The Balaban J connectivity index is 2.08. The molecule has 0 bridgehead atoms. The number of pyridine rings is 1. The minimum atomic E-state index is -3.45. The average molecular weight is 402 g/mol. The maximum Gasteiger partial charge on any atom is 0.346 e. The number of hydrogen-bond acceptors (Lipinski definition) is 8. The quantitative estimate of drug-likeness (QED) is 0.723. The fourth-order valence-corrected chi connectivity index (χ4v) is 7.31. The zero-order valence-electron chi connectivity index (χ0n) is 15.2. The Morgan fingerprint density at radius 3 is 2.35 bits per heavy atom. The van der Waals surface area contributed by atoms with Crippen LogP contribution in [0.3, 0.4) is 0 Å². The van der Waals surface area contributed by atoms with E-state index in [2.05, 4.69) is 10.3 Å². The van der Waals surface area contributed by atoms with Gasteiger partial charge in [0.15, 0.2) is 0 Å². The summed E-state index contributed by atoms with van der Waals surface area (Å²) in [6.45, 7) is 0. The summed E-state index contributed by atoms with van der Waals surface area (Å²) in [5.41, 5.74) is 1.25. The van der Waals surface area contributed by atoms with Crippen LogP contribution >= 0.6 is 15.2 Å². The second-order valence-corrected chi connectivity index (χ2v) is 11.1. The number of nitrogens with one attached hydrogen (secondary N) is 1. The van der Waals surface area contributed by atoms with E-state index in [1.54, 1.807) is 6.20 Å². The molecule has 8 nitrogen and oxygen atoms in total. The molecule has 2 heterocycles. The molecule has 144 valence electrons. The molecule has 1 aromatic rings. The van der Waals surface area contributed by atoms with E-state index >= 15 is 0 Å². The molecular weight excluding hydrogens is 378 g/mol. The van der Waals surface area contributed by atoms with Crippen molar-refractivity contribution in [2.24, 2.45) is 5.92 Å². The smallest absolute Gasteiger partial charge is 0.312 e. The standard InChI is InChI=1S/C16H24N2O6P2/c1-21-25(19,22-2)14-10-15(26(20,23-3)24-4)18-16-11-6-5-9-17-13(11)8-7-12(14)16/h5-9,12,14-16,18H,10H2,1-4H3. The van der Waals surface area contributed by atoms with Crippen LogP contribution in [0.4, 0.5) is 0 Å². The van der Waals surface area contributed by atoms with Gasteiger partial charge in [-0.15, -0.1) is 0 Å². The summed E-state index contributed by atoms with van der Waals surface area (Å²) >= 11 is 0. The summed E-state index contributed by atoms with van der Waals surface area (Å²) in [5, 5.41) is 3.37. The van der Waals surface area contributed by atoms with E-state index in [-0.39, 0.29) is 18.4 Å². The molecule has 0 spiro atoms. The van der Waals surface area contributed by atoms with Crippen LogP contribution in [0, 0.1) is 5.92 Å². The van der Waals surface area contributed by atoms with Gasteiger partial charge in [-0.05, 0) is 24.1 Å². The molecule has 1 aromatic heterocycles. The summed E-state index contributed by atoms with van der Waals surface area (Å²) < 4.78 is 47.2. The van der Waals surface area contributed by atoms with E-state index in [1.165, 1.54) is 28.4 Å². The molecule has 26 heavy (non-hydrogen) atoms. The monoisotopic (exact) mass is 402 g/mol. The van der Waals surface area contributed by atoms with Gasteiger partial charge in [0, 0.05) is 46.6 Å². The molecule has 0 amide bonds. The summed E-state index contributed by atoms with van der Waals surface area (Å²) in [6.07, 6.45) is 5.85. The lowest BCUT2D eigenvalue weighted by Crippen LogP contribution is -2.49. The SMILES string of the molecule is COP(=O)(OC)C1CC(P(=O)(OC)OC)C2C=Cc3ncccc3C2N1. The van der Waals surface area contributed by atoms with E-state index in [4.69, 9.17) is 18.1 Å². The van der Waals surface area contributed by atoms with Crippen LogP contribution in [0.5, 0.6) is 0 Å². The number of aromatic nitrogens is 1. The van der Waals surface area contributed by atoms with Crippen molar-refractivity contribution in [1.29, 1.82) is 0 Å². The van der Waals surface area contributed by atoms with Gasteiger partial charge in [-0.25, -0.2) is 0 Å². The van der Waals surface area contributed by atoms with E-state index < -0.39 is 26.6 Å². The van der Waals surface area contributed by atoms with Crippen LogP contribution < -0.4 is 5.32 Å². The maximum absolute atomic E-state index is 13.2. The zero-order valence-corrected chi connectivity index (χ0v) is 17.0. The Kier molecular flexibility index (Phi) is 5.85. The third-order valence-electron chi connectivity index (χ3n) is 5.15. The first kappa shape index (κ1) is 19.9. The molecular formula is C16H24N2O6P2. The highest BCUT2D eigenvalue weighted by Gasteiger charge is 2.53. The van der Waals surface area contributed by atoms with Gasteiger partial charge < -0.3 is 18.1 Å². The molecule has 1 aliphatic carbocycles. The van der Waals surface area contributed by atoms with Gasteiger partial charge in [-0.3, -0.25) is 19.4 Å². The Hall–Kier alpha value is -0.850. The van der Waals surface area contributed by atoms with Crippen molar-refractivity contribution in [2.45, 2.75) is 23.9 Å². The van der Waals surface area contributed by atoms with E-state index in [0.717, 1.165) is 11.3 Å². The van der Waals surface area contributed by atoms with E-state index in [0.29, 0.717) is 0 Å². The topological polar surface area (TPSA) is 96.0 Å². The Labute approximate surface area is 153 Å². The van der Waals surface area contributed by atoms with Crippen LogP contribution in [0.1, 0.15) is 23.7 Å². The van der Waals surface area contributed by atoms with Crippen LogP contribution in [0.15, 0.2) is 24.4 Å². The number of piperidine rings is 1. The number of nitrogens with zero attached hydrogens (tertiary/aromatic N) is 1. The Morgan fingerprint density at radius 1 is 1.08 bits per heavy atom. The highest BCUT2D eigenvalue weighted by molar-refractivity contribution is 7.55. The minimum Gasteiger partial charge on any atom is -0.312 e. The largest absolute Gasteiger partial charge is 0.346 e. The highest BCUT2D eigenvalue weighted by atomic mass is 31.2. The molecule has 1 N–H and O–H groups in total. The third kappa shape index (κ3) is 3.25. The first-order valence-corrected chi connectivity index (χ1v) is 11.5. The van der Waals surface area contributed by atoms with Crippen LogP contribution in [-0.2, 0) is 27.2 Å². The minimum absolute atomic E-state index is 0.171. The highest BCUT2D eigenvalue weighted by Crippen LogP contribution is 2.64. The third-order valence-corrected chi connectivity index (χ3v) is 9.68. The molecule has 0 aromatic carbocycles. The molecule has 2 aliphatic rings. The number of fused-ring (bicyclic) bond motifs is 3. The normalized spacial score (nSPS) is 28.5. The van der Waals surface area contributed by atoms with Gasteiger partial charge in [-0.1, -0.05) is 12.1 Å². The van der Waals surface area contributed by atoms with Gasteiger partial charge >= 0.3 is 15.2 Å². The Morgan fingerprint density at radius 2 is 1.73 bits per heavy atom. The number of hydrogen-bond donors (Lipinski definition) is 1. The van der Waals surface area contributed by atoms with Crippen LogP contribution in [0.2, 0.25) is 0 Å². The van der Waals surface area contributed by atoms with Gasteiger partial charge in [0.1, 0.15) is 5.78 Å². The van der Waals surface area contributed by atoms with Crippen molar-refractivity contribution in [3.05, 3.63) is 35.7 Å². The fraction of sp³-hybridized carbons (Fsp3) is 0.562. The van der Waals surface area contributed by atoms with Gasteiger partial charge in [0.25, 0.3) is 0 Å². The molecule has 10 heteroatoms. The van der Waals surface area contributed by atoms with Gasteiger partial charge in [-0.2, -0.15) is 0 Å². The Bertz CT molecular complexity index is 770. The average Bonchev–Trinajstić information content (AvgIpc) is 2.71. The molecule has 4 unspecified atom stereocenters. The van der Waals surface area contributed by atoms with Crippen molar-refractivity contribution in [3.8, 4) is 0 Å². The summed E-state index contributed by atoms with van der Waals surface area (Å²) in [4.78, 5) is 4.38. The molecule has 0 saturated carbocycles. The second-order valence-electron chi connectivity index (χ2n) is 6.19. The lowest BCUT2D eigenvalue weighted by Gasteiger charge is -2.45. The maximum atomic E-state index is 13.2. The summed E-state index contributed by atoms with van der Waals surface area (Å²) in [5.74, 6) is -0.822. The van der Waals surface area contributed by atoms with Crippen molar-refractivity contribution >= 4 is 21.3 Å².